The van der Waals surface area contributed by atoms with Crippen molar-refractivity contribution in [1.82, 2.24) is 14.7 Å². The molecule has 1 fully saturated rings. The Hall–Kier alpha value is -2.83. The van der Waals surface area contributed by atoms with Gasteiger partial charge in [-0.05, 0) is 56.2 Å². The normalized spacial score (nSPS) is 15.7. The van der Waals surface area contributed by atoms with Crippen LogP contribution >= 0.6 is 11.6 Å². The summed E-state index contributed by atoms with van der Waals surface area (Å²) in [6, 6.07) is 17.1. The van der Waals surface area contributed by atoms with Crippen LogP contribution in [0.25, 0.3) is 5.69 Å². The lowest BCUT2D eigenvalue weighted by Crippen LogP contribution is -2.39. The molecule has 0 aliphatic carbocycles. The van der Waals surface area contributed by atoms with Gasteiger partial charge >= 0.3 is 0 Å². The first-order valence-electron chi connectivity index (χ1n) is 11.4. The van der Waals surface area contributed by atoms with Crippen molar-refractivity contribution in [2.75, 3.05) is 13.2 Å². The average molecular weight is 468 g/mol. The first-order chi connectivity index (χ1) is 15.9. The molecule has 4 rings (SSSR count). The van der Waals surface area contributed by atoms with E-state index in [9.17, 15) is 4.79 Å². The maximum absolute atomic E-state index is 13.1. The molecular formula is C26H30ClN3O3. The molecule has 0 N–H and O–H groups in total. The molecule has 1 aliphatic rings. The number of halogens is 1. The molecule has 6 nitrogen and oxygen atoms in total. The third-order valence-electron chi connectivity index (χ3n) is 5.77. The second-order valence-corrected chi connectivity index (χ2v) is 9.12. The molecular weight excluding hydrogens is 438 g/mol. The second-order valence-electron chi connectivity index (χ2n) is 8.68. The van der Waals surface area contributed by atoms with Crippen LogP contribution in [0.4, 0.5) is 0 Å². The lowest BCUT2D eigenvalue weighted by molar-refractivity contribution is -0.136. The van der Waals surface area contributed by atoms with Crippen LogP contribution in [0.1, 0.15) is 37.9 Å². The molecule has 0 radical (unpaired) electrons. The van der Waals surface area contributed by atoms with Crippen molar-refractivity contribution in [2.24, 2.45) is 5.92 Å². The van der Waals surface area contributed by atoms with Crippen molar-refractivity contribution in [3.8, 4) is 17.3 Å². The molecule has 33 heavy (non-hydrogen) atoms. The van der Waals surface area contributed by atoms with Crippen molar-refractivity contribution in [3.63, 3.8) is 0 Å². The van der Waals surface area contributed by atoms with Crippen LogP contribution in [0, 0.1) is 12.8 Å². The molecule has 0 saturated carbocycles. The Morgan fingerprint density at radius 2 is 1.94 bits per heavy atom. The molecule has 1 saturated heterocycles. The van der Waals surface area contributed by atoms with E-state index in [4.69, 9.17) is 26.2 Å². The van der Waals surface area contributed by atoms with Gasteiger partial charge in [0.15, 0.2) is 0 Å². The fraction of sp³-hybridized carbons (Fsp3) is 0.385. The molecule has 0 bridgehead atoms. The number of rotatable bonds is 8. The molecule has 1 atom stereocenters. The molecule has 3 aromatic rings. The summed E-state index contributed by atoms with van der Waals surface area (Å²) in [4.78, 5) is 15.0. The number of aromatic nitrogens is 2. The maximum Gasteiger partial charge on any atom is 0.227 e. The quantitative estimate of drug-likeness (QED) is 0.420. The van der Waals surface area contributed by atoms with Gasteiger partial charge in [0, 0.05) is 24.1 Å². The number of para-hydroxylation sites is 1. The monoisotopic (exact) mass is 467 g/mol. The predicted octanol–water partition coefficient (Wildman–Crippen LogP) is 5.79. The van der Waals surface area contributed by atoms with Gasteiger partial charge in [-0.1, -0.05) is 43.6 Å². The van der Waals surface area contributed by atoms with Crippen molar-refractivity contribution in [3.05, 3.63) is 70.9 Å². The fourth-order valence-corrected chi connectivity index (χ4v) is 4.13. The van der Waals surface area contributed by atoms with Crippen LogP contribution in [0.15, 0.2) is 54.6 Å². The van der Waals surface area contributed by atoms with Gasteiger partial charge in [0.05, 0.1) is 29.6 Å². The van der Waals surface area contributed by atoms with Gasteiger partial charge in [0.2, 0.25) is 11.8 Å². The maximum atomic E-state index is 13.1. The van der Waals surface area contributed by atoms with E-state index < -0.39 is 0 Å². The van der Waals surface area contributed by atoms with Crippen LogP contribution in [0.5, 0.6) is 11.6 Å². The summed E-state index contributed by atoms with van der Waals surface area (Å²) in [5.74, 6) is 1.27. The highest BCUT2D eigenvalue weighted by atomic mass is 35.5. The van der Waals surface area contributed by atoms with Gasteiger partial charge in [-0.15, -0.1) is 0 Å². The molecule has 2 aromatic carbocycles. The summed E-state index contributed by atoms with van der Waals surface area (Å²) in [5.41, 5.74) is 2.52. The van der Waals surface area contributed by atoms with Crippen LogP contribution in [0.3, 0.4) is 0 Å². The minimum absolute atomic E-state index is 0.0674. The smallest absolute Gasteiger partial charge is 0.227 e. The number of aryl methyl sites for hydroxylation is 1. The van der Waals surface area contributed by atoms with E-state index in [0.29, 0.717) is 29.7 Å². The predicted molar refractivity (Wildman–Crippen MR) is 129 cm³/mol. The number of carbonyl (C=O) groups is 1. The third-order valence-corrected chi connectivity index (χ3v) is 6.02. The SMILES string of the molecule is Cc1nn(-c2ccc(Cl)cc2)c(Oc2ccccc2)c1CN(CC1CCCO1)C(=O)C(C)C. The molecule has 174 valence electrons. The standard InChI is InChI=1S/C26H30ClN3O3/c1-18(2)25(31)29(16-23-10-7-15-32-23)17-24-19(3)28-30(21-13-11-20(27)12-14-21)26(24)33-22-8-5-4-6-9-22/h4-6,8-9,11-14,18,23H,7,10,15-17H2,1-3H3. The summed E-state index contributed by atoms with van der Waals surface area (Å²) in [6.07, 6.45) is 2.07. The van der Waals surface area contributed by atoms with Crippen LogP contribution < -0.4 is 4.74 Å². The van der Waals surface area contributed by atoms with Gasteiger partial charge < -0.3 is 14.4 Å². The van der Waals surface area contributed by atoms with E-state index in [1.807, 2.05) is 80.3 Å². The van der Waals surface area contributed by atoms with E-state index in [1.54, 1.807) is 4.68 Å². The van der Waals surface area contributed by atoms with E-state index in [1.165, 1.54) is 0 Å². The summed E-state index contributed by atoms with van der Waals surface area (Å²) in [6.45, 7) is 7.52. The Balaban J connectivity index is 1.73. The minimum Gasteiger partial charge on any atom is -0.439 e. The summed E-state index contributed by atoms with van der Waals surface area (Å²) in [7, 11) is 0. The largest absolute Gasteiger partial charge is 0.439 e. The highest BCUT2D eigenvalue weighted by Gasteiger charge is 2.28. The molecule has 1 aromatic heterocycles. The number of amides is 1. The summed E-state index contributed by atoms with van der Waals surface area (Å²) < 4.78 is 14.0. The van der Waals surface area contributed by atoms with Gasteiger partial charge in [0.25, 0.3) is 0 Å². The third kappa shape index (κ3) is 5.57. The number of nitrogens with zero attached hydrogens (tertiary/aromatic N) is 3. The van der Waals surface area contributed by atoms with Crippen molar-refractivity contribution in [1.29, 1.82) is 0 Å². The van der Waals surface area contributed by atoms with Crippen molar-refractivity contribution in [2.45, 2.75) is 46.3 Å². The van der Waals surface area contributed by atoms with Gasteiger partial charge in [-0.3, -0.25) is 4.79 Å². The Labute approximate surface area is 200 Å². The summed E-state index contributed by atoms with van der Waals surface area (Å²) >= 11 is 6.10. The zero-order chi connectivity index (χ0) is 23.4. The number of ether oxygens (including phenoxy) is 2. The Kier molecular flexibility index (Phi) is 7.36. The molecule has 0 spiro atoms. The molecule has 7 heteroatoms. The van der Waals surface area contributed by atoms with Crippen LogP contribution in [0.2, 0.25) is 5.02 Å². The first-order valence-corrected chi connectivity index (χ1v) is 11.8. The van der Waals surface area contributed by atoms with Crippen molar-refractivity contribution >= 4 is 17.5 Å². The molecule has 1 amide bonds. The zero-order valence-corrected chi connectivity index (χ0v) is 20.1. The van der Waals surface area contributed by atoms with Crippen LogP contribution in [-0.4, -0.2) is 39.8 Å². The Morgan fingerprint density at radius 3 is 2.58 bits per heavy atom. The lowest BCUT2D eigenvalue weighted by Gasteiger charge is -2.27. The number of benzene rings is 2. The van der Waals surface area contributed by atoms with Gasteiger partial charge in [0.1, 0.15) is 5.75 Å². The molecule has 1 aliphatic heterocycles. The lowest BCUT2D eigenvalue weighted by atomic mass is 10.1. The van der Waals surface area contributed by atoms with Gasteiger partial charge in [-0.2, -0.15) is 5.10 Å². The fourth-order valence-electron chi connectivity index (χ4n) is 4.01. The molecule has 2 heterocycles. The van der Waals surface area contributed by atoms with Gasteiger partial charge in [-0.25, -0.2) is 4.68 Å². The Morgan fingerprint density at radius 1 is 1.21 bits per heavy atom. The topological polar surface area (TPSA) is 56.6 Å². The minimum atomic E-state index is -0.114. The van der Waals surface area contributed by atoms with E-state index >= 15 is 0 Å². The number of hydrogen-bond acceptors (Lipinski definition) is 4. The second kappa shape index (κ2) is 10.4. The van der Waals surface area contributed by atoms with E-state index in [-0.39, 0.29) is 17.9 Å². The highest BCUT2D eigenvalue weighted by molar-refractivity contribution is 6.30. The van der Waals surface area contributed by atoms with Crippen molar-refractivity contribution < 1.29 is 14.3 Å². The zero-order valence-electron chi connectivity index (χ0n) is 19.3. The number of carbonyl (C=O) groups excluding carboxylic acids is 1. The van der Waals surface area contributed by atoms with E-state index in [2.05, 4.69) is 0 Å². The molecule has 1 unspecified atom stereocenters. The Bertz CT molecular complexity index is 1070. The number of hydrogen-bond donors (Lipinski definition) is 0. The first kappa shape index (κ1) is 23.3. The van der Waals surface area contributed by atoms with Crippen LogP contribution in [-0.2, 0) is 16.1 Å². The van der Waals surface area contributed by atoms with E-state index in [0.717, 1.165) is 36.4 Å². The highest BCUT2D eigenvalue weighted by Crippen LogP contribution is 2.32. The average Bonchev–Trinajstić information content (AvgIpc) is 3.43. The summed E-state index contributed by atoms with van der Waals surface area (Å²) in [5, 5.41) is 5.43.